The summed E-state index contributed by atoms with van der Waals surface area (Å²) in [7, 11) is 0. The second kappa shape index (κ2) is 4.10. The maximum atomic E-state index is 3.78. The van der Waals surface area contributed by atoms with Gasteiger partial charge in [-0.1, -0.05) is 20.8 Å². The van der Waals surface area contributed by atoms with Gasteiger partial charge in [0.1, 0.15) is 0 Å². The molecule has 0 amide bonds. The van der Waals surface area contributed by atoms with Crippen LogP contribution in [0, 0.1) is 23.2 Å². The fourth-order valence-corrected chi connectivity index (χ4v) is 4.73. The average Bonchev–Trinajstić information content (AvgIpc) is 2.79. The summed E-state index contributed by atoms with van der Waals surface area (Å²) in [6.45, 7) is 8.44. The molecule has 0 aromatic carbocycles. The van der Waals surface area contributed by atoms with E-state index in [9.17, 15) is 0 Å². The number of nitrogens with one attached hydrogen (secondary N) is 1. The quantitative estimate of drug-likeness (QED) is 0.856. The predicted octanol–water partition coefficient (Wildman–Crippen LogP) is 3.91. The molecule has 3 saturated carbocycles. The zero-order valence-electron chi connectivity index (χ0n) is 11.1. The van der Waals surface area contributed by atoms with E-state index in [1.165, 1.54) is 18.4 Å². The van der Waals surface area contributed by atoms with Crippen LogP contribution < -0.4 is 5.32 Å². The van der Waals surface area contributed by atoms with E-state index >= 15 is 0 Å². The Hall–Kier alpha value is -0.340. The van der Waals surface area contributed by atoms with Crippen molar-refractivity contribution >= 4 is 11.3 Å². The Kier molecular flexibility index (Phi) is 2.83. The lowest BCUT2D eigenvalue weighted by molar-refractivity contribution is -0.115. The molecule has 1 heterocycles. The molecule has 2 heteroatoms. The van der Waals surface area contributed by atoms with Gasteiger partial charge in [-0.05, 0) is 58.4 Å². The smallest absolute Gasteiger partial charge is 0.0216 e. The molecule has 1 nitrogen and oxygen atoms in total. The molecule has 0 spiro atoms. The summed E-state index contributed by atoms with van der Waals surface area (Å²) in [4.78, 5) is 0. The largest absolute Gasteiger partial charge is 0.310 e. The Balaban J connectivity index is 1.60. The third-order valence-corrected chi connectivity index (χ3v) is 6.23. The van der Waals surface area contributed by atoms with E-state index in [-0.39, 0.29) is 0 Å². The highest BCUT2D eigenvalue weighted by molar-refractivity contribution is 7.07. The zero-order chi connectivity index (χ0) is 12.0. The van der Waals surface area contributed by atoms with Crippen LogP contribution in [-0.2, 0) is 6.54 Å². The monoisotopic (exact) mass is 249 g/mol. The number of fused-ring (bicyclic) bond motifs is 2. The first-order valence-corrected chi connectivity index (χ1v) is 7.78. The van der Waals surface area contributed by atoms with Crippen molar-refractivity contribution < 1.29 is 0 Å². The number of rotatable bonds is 3. The molecule has 0 aliphatic heterocycles. The molecule has 1 aromatic rings. The fourth-order valence-electron chi connectivity index (χ4n) is 4.06. The van der Waals surface area contributed by atoms with Crippen molar-refractivity contribution in [2.75, 3.05) is 0 Å². The van der Waals surface area contributed by atoms with Crippen LogP contribution in [0.15, 0.2) is 16.8 Å². The topological polar surface area (TPSA) is 12.0 Å². The van der Waals surface area contributed by atoms with Gasteiger partial charge in [0.05, 0.1) is 0 Å². The Bertz CT molecular complexity index is 382. The van der Waals surface area contributed by atoms with Gasteiger partial charge in [-0.15, -0.1) is 0 Å². The minimum atomic E-state index is 0.611. The van der Waals surface area contributed by atoms with Crippen molar-refractivity contribution in [3.05, 3.63) is 22.4 Å². The summed E-state index contributed by atoms with van der Waals surface area (Å²) in [5.74, 6) is 2.75. The van der Waals surface area contributed by atoms with Crippen molar-refractivity contribution in [3.63, 3.8) is 0 Å². The third kappa shape index (κ3) is 1.86. The molecule has 0 saturated heterocycles. The Morgan fingerprint density at radius 1 is 1.41 bits per heavy atom. The Morgan fingerprint density at radius 2 is 2.24 bits per heavy atom. The number of hydrogen-bond donors (Lipinski definition) is 1. The number of hydrogen-bond acceptors (Lipinski definition) is 2. The molecule has 1 N–H and O–H groups in total. The van der Waals surface area contributed by atoms with E-state index in [0.717, 1.165) is 30.3 Å². The zero-order valence-corrected chi connectivity index (χ0v) is 11.9. The molecule has 1 aromatic heterocycles. The molecule has 3 aliphatic rings. The molecule has 3 fully saturated rings. The maximum absolute atomic E-state index is 3.78. The lowest BCUT2D eigenvalue weighted by atomic mass is 9.45. The van der Waals surface area contributed by atoms with Crippen molar-refractivity contribution in [1.82, 2.24) is 5.32 Å². The molecule has 94 valence electrons. The van der Waals surface area contributed by atoms with Gasteiger partial charge in [-0.3, -0.25) is 0 Å². The van der Waals surface area contributed by atoms with Crippen LogP contribution in [0.3, 0.4) is 0 Å². The summed E-state index contributed by atoms with van der Waals surface area (Å²) >= 11 is 1.80. The molecular formula is C15H23NS. The van der Waals surface area contributed by atoms with Gasteiger partial charge in [0.2, 0.25) is 0 Å². The Labute approximate surface area is 109 Å². The molecule has 3 aliphatic carbocycles. The first kappa shape index (κ1) is 11.7. The SMILES string of the molecule is C[C@H]1[C@H](NCc2ccsc2)C[C@H]2C[C@@H]1C2(C)C. The predicted molar refractivity (Wildman–Crippen MR) is 74.1 cm³/mol. The standard InChI is InChI=1S/C15H23NS/c1-10-13-6-12(15(13,2)3)7-14(10)16-8-11-4-5-17-9-11/h4-5,9-10,12-14,16H,6-8H2,1-3H3/t10-,12-,13+,14-/m1/s1. The first-order chi connectivity index (χ1) is 8.09. The van der Waals surface area contributed by atoms with Gasteiger partial charge in [-0.2, -0.15) is 11.3 Å². The summed E-state index contributed by atoms with van der Waals surface area (Å²) in [5, 5.41) is 8.20. The first-order valence-electron chi connectivity index (χ1n) is 6.83. The molecule has 4 atom stereocenters. The summed E-state index contributed by atoms with van der Waals surface area (Å²) in [5.41, 5.74) is 2.06. The van der Waals surface area contributed by atoms with Crippen molar-refractivity contribution in [2.45, 2.75) is 46.2 Å². The van der Waals surface area contributed by atoms with E-state index in [4.69, 9.17) is 0 Å². The van der Waals surface area contributed by atoms with Crippen molar-refractivity contribution in [3.8, 4) is 0 Å². The van der Waals surface area contributed by atoms with E-state index in [2.05, 4.69) is 42.9 Å². The van der Waals surface area contributed by atoms with Gasteiger partial charge < -0.3 is 5.32 Å². The minimum Gasteiger partial charge on any atom is -0.310 e. The molecule has 2 bridgehead atoms. The third-order valence-electron chi connectivity index (χ3n) is 5.50. The van der Waals surface area contributed by atoms with Gasteiger partial charge in [-0.25, -0.2) is 0 Å². The van der Waals surface area contributed by atoms with Crippen LogP contribution >= 0.6 is 11.3 Å². The summed E-state index contributed by atoms with van der Waals surface area (Å²) in [6.07, 6.45) is 2.86. The van der Waals surface area contributed by atoms with Crippen LogP contribution in [0.1, 0.15) is 39.2 Å². The lowest BCUT2D eigenvalue weighted by Gasteiger charge is -2.62. The van der Waals surface area contributed by atoms with Crippen LogP contribution in [0.25, 0.3) is 0 Å². The average molecular weight is 249 g/mol. The Morgan fingerprint density at radius 3 is 2.82 bits per heavy atom. The highest BCUT2D eigenvalue weighted by Crippen LogP contribution is 2.61. The van der Waals surface area contributed by atoms with Gasteiger partial charge in [0.25, 0.3) is 0 Å². The van der Waals surface area contributed by atoms with Gasteiger partial charge in [0, 0.05) is 12.6 Å². The normalized spacial score (nSPS) is 38.8. The molecule has 17 heavy (non-hydrogen) atoms. The molecule has 0 radical (unpaired) electrons. The van der Waals surface area contributed by atoms with E-state index in [0.29, 0.717) is 5.41 Å². The van der Waals surface area contributed by atoms with E-state index in [1.54, 1.807) is 11.3 Å². The van der Waals surface area contributed by atoms with Crippen LogP contribution in [0.5, 0.6) is 0 Å². The highest BCUT2D eigenvalue weighted by atomic mass is 32.1. The summed E-state index contributed by atoms with van der Waals surface area (Å²) in [6, 6.07) is 2.97. The van der Waals surface area contributed by atoms with Crippen LogP contribution in [0.2, 0.25) is 0 Å². The number of thiophene rings is 1. The van der Waals surface area contributed by atoms with Gasteiger partial charge >= 0.3 is 0 Å². The highest BCUT2D eigenvalue weighted by Gasteiger charge is 2.55. The van der Waals surface area contributed by atoms with Crippen molar-refractivity contribution in [1.29, 1.82) is 0 Å². The molecule has 4 rings (SSSR count). The fraction of sp³-hybridized carbons (Fsp3) is 0.733. The lowest BCUT2D eigenvalue weighted by Crippen LogP contribution is -2.59. The minimum absolute atomic E-state index is 0.611. The van der Waals surface area contributed by atoms with Crippen molar-refractivity contribution in [2.24, 2.45) is 23.2 Å². The summed E-state index contributed by atoms with van der Waals surface area (Å²) < 4.78 is 0. The molecular weight excluding hydrogens is 226 g/mol. The maximum Gasteiger partial charge on any atom is 0.0216 e. The van der Waals surface area contributed by atoms with Crippen LogP contribution in [0.4, 0.5) is 0 Å². The second-order valence-electron chi connectivity index (χ2n) is 6.57. The molecule has 0 unspecified atom stereocenters. The van der Waals surface area contributed by atoms with E-state index < -0.39 is 0 Å². The second-order valence-corrected chi connectivity index (χ2v) is 7.35. The van der Waals surface area contributed by atoms with E-state index in [1.807, 2.05) is 0 Å². The van der Waals surface area contributed by atoms with Gasteiger partial charge in [0.15, 0.2) is 0 Å². The van der Waals surface area contributed by atoms with Crippen LogP contribution in [-0.4, -0.2) is 6.04 Å².